The zero-order chi connectivity index (χ0) is 18.5. The Hall–Kier alpha value is -2.42. The lowest BCUT2D eigenvalue weighted by atomic mass is 10.2. The molecule has 1 aliphatic carbocycles. The number of nitrogens with zero attached hydrogens (tertiary/aromatic N) is 4. The summed E-state index contributed by atoms with van der Waals surface area (Å²) in [6.07, 6.45) is 6.28. The Morgan fingerprint density at radius 1 is 1.31 bits per heavy atom. The second kappa shape index (κ2) is 8.31. The average Bonchev–Trinajstić information content (AvgIpc) is 3.36. The number of aromatic nitrogens is 4. The van der Waals surface area contributed by atoms with Crippen molar-refractivity contribution in [2.24, 2.45) is 0 Å². The molecule has 1 saturated carbocycles. The molecule has 2 aromatic heterocycles. The zero-order valence-electron chi connectivity index (χ0n) is 14.8. The molecule has 3 rings (SSSR count). The summed E-state index contributed by atoms with van der Waals surface area (Å²) in [5.41, 5.74) is 0.925. The molecule has 0 aliphatic heterocycles. The number of nitrogens with one attached hydrogen (secondary N) is 2. The Bertz CT molecular complexity index is 775. The molecule has 26 heavy (non-hydrogen) atoms. The fourth-order valence-corrected chi connectivity index (χ4v) is 3.27. The highest BCUT2D eigenvalue weighted by atomic mass is 32.2. The highest BCUT2D eigenvalue weighted by molar-refractivity contribution is 8.00. The molecule has 3 amide bonds. The molecule has 1 aliphatic rings. The first kappa shape index (κ1) is 18.4. The lowest BCUT2D eigenvalue weighted by molar-refractivity contribution is -0.119. The number of hydrogen-bond donors (Lipinski definition) is 2. The van der Waals surface area contributed by atoms with Crippen molar-refractivity contribution in [3.63, 3.8) is 0 Å². The summed E-state index contributed by atoms with van der Waals surface area (Å²) in [6.45, 7) is 4.56. The van der Waals surface area contributed by atoms with Gasteiger partial charge in [-0.05, 0) is 38.3 Å². The summed E-state index contributed by atoms with van der Waals surface area (Å²) >= 11 is 1.29. The number of hydrogen-bond acceptors (Lipinski definition) is 6. The van der Waals surface area contributed by atoms with Crippen LogP contribution in [0.1, 0.15) is 33.1 Å². The van der Waals surface area contributed by atoms with Crippen molar-refractivity contribution in [3.8, 4) is 11.4 Å². The van der Waals surface area contributed by atoms with Gasteiger partial charge < -0.3 is 9.88 Å². The largest absolute Gasteiger partial charge is 0.335 e. The molecule has 0 radical (unpaired) electrons. The van der Waals surface area contributed by atoms with Gasteiger partial charge in [0.2, 0.25) is 5.91 Å². The van der Waals surface area contributed by atoms with E-state index in [-0.39, 0.29) is 11.9 Å². The molecule has 2 heterocycles. The van der Waals surface area contributed by atoms with Crippen molar-refractivity contribution in [3.05, 3.63) is 24.5 Å². The van der Waals surface area contributed by atoms with E-state index in [0.717, 1.165) is 37.2 Å². The Balaban J connectivity index is 1.69. The van der Waals surface area contributed by atoms with E-state index in [2.05, 4.69) is 32.7 Å². The predicted molar refractivity (Wildman–Crippen MR) is 98.6 cm³/mol. The van der Waals surface area contributed by atoms with Gasteiger partial charge in [0.25, 0.3) is 0 Å². The Morgan fingerprint density at radius 3 is 2.69 bits per heavy atom. The maximum atomic E-state index is 12.2. The molecule has 2 N–H and O–H groups in total. The van der Waals surface area contributed by atoms with Crippen LogP contribution < -0.4 is 10.6 Å². The molecule has 9 heteroatoms. The van der Waals surface area contributed by atoms with E-state index in [1.165, 1.54) is 11.8 Å². The highest BCUT2D eigenvalue weighted by Crippen LogP contribution is 2.27. The second-order valence-electron chi connectivity index (χ2n) is 6.19. The van der Waals surface area contributed by atoms with Crippen molar-refractivity contribution >= 4 is 23.7 Å². The molecule has 0 aromatic carbocycles. The minimum atomic E-state index is -0.468. The number of thioether (sulfide) groups is 1. The third kappa shape index (κ3) is 4.60. The molecule has 2 aromatic rings. The number of amides is 3. The lowest BCUT2D eigenvalue weighted by Gasteiger charge is -2.13. The molecular weight excluding hydrogens is 352 g/mol. The average molecular weight is 374 g/mol. The fourth-order valence-electron chi connectivity index (χ4n) is 2.39. The Kier molecular flexibility index (Phi) is 5.87. The first-order valence-corrected chi connectivity index (χ1v) is 9.58. The number of imide groups is 1. The van der Waals surface area contributed by atoms with Crippen molar-refractivity contribution in [2.45, 2.75) is 56.1 Å². The number of urea groups is 1. The summed E-state index contributed by atoms with van der Waals surface area (Å²) in [7, 11) is 0. The summed E-state index contributed by atoms with van der Waals surface area (Å²) < 4.78 is 1.99. The minimum absolute atomic E-state index is 0.210. The van der Waals surface area contributed by atoms with Crippen molar-refractivity contribution < 1.29 is 9.59 Å². The van der Waals surface area contributed by atoms with E-state index >= 15 is 0 Å². The topological polar surface area (TPSA) is 102 Å². The van der Waals surface area contributed by atoms with Crippen LogP contribution >= 0.6 is 11.8 Å². The Labute approximate surface area is 156 Å². The van der Waals surface area contributed by atoms with Gasteiger partial charge in [-0.25, -0.2) is 4.79 Å². The lowest BCUT2D eigenvalue weighted by Crippen LogP contribution is -2.43. The molecule has 0 saturated heterocycles. The van der Waals surface area contributed by atoms with Gasteiger partial charge in [-0.1, -0.05) is 18.7 Å². The monoisotopic (exact) mass is 374 g/mol. The maximum absolute atomic E-state index is 12.2. The van der Waals surface area contributed by atoms with Crippen LogP contribution in [0.25, 0.3) is 11.4 Å². The molecule has 1 atom stereocenters. The van der Waals surface area contributed by atoms with Gasteiger partial charge in [0, 0.05) is 30.5 Å². The quantitative estimate of drug-likeness (QED) is 0.721. The van der Waals surface area contributed by atoms with Gasteiger partial charge in [0.15, 0.2) is 11.0 Å². The van der Waals surface area contributed by atoms with Crippen LogP contribution in [0.15, 0.2) is 29.7 Å². The van der Waals surface area contributed by atoms with Gasteiger partial charge >= 0.3 is 6.03 Å². The Morgan fingerprint density at radius 2 is 2.04 bits per heavy atom. The molecule has 0 spiro atoms. The van der Waals surface area contributed by atoms with Crippen molar-refractivity contribution in [2.75, 3.05) is 0 Å². The van der Waals surface area contributed by atoms with E-state index in [9.17, 15) is 9.59 Å². The van der Waals surface area contributed by atoms with Crippen LogP contribution in [0.2, 0.25) is 0 Å². The van der Waals surface area contributed by atoms with Crippen molar-refractivity contribution in [1.29, 1.82) is 0 Å². The van der Waals surface area contributed by atoms with Crippen LogP contribution in [0.4, 0.5) is 4.79 Å². The summed E-state index contributed by atoms with van der Waals surface area (Å²) in [6, 6.07) is 3.53. The number of pyridine rings is 1. The maximum Gasteiger partial charge on any atom is 0.321 e. The second-order valence-corrected chi connectivity index (χ2v) is 7.50. The SMILES string of the molecule is CCCn1c(S[C@H](C)C(=O)NC(=O)NC2CC2)nnc1-c1ccncc1. The highest BCUT2D eigenvalue weighted by Gasteiger charge is 2.26. The van der Waals surface area contributed by atoms with Crippen molar-refractivity contribution in [1.82, 2.24) is 30.4 Å². The third-order valence-corrected chi connectivity index (χ3v) is 4.98. The molecule has 1 fully saturated rings. The van der Waals surface area contributed by atoms with E-state index in [4.69, 9.17) is 0 Å². The molecule has 138 valence electrons. The van der Waals surface area contributed by atoms with Crippen LogP contribution in [0.5, 0.6) is 0 Å². The number of carbonyl (C=O) groups is 2. The van der Waals surface area contributed by atoms with Gasteiger partial charge in [-0.2, -0.15) is 0 Å². The van der Waals surface area contributed by atoms with Crippen LogP contribution in [0.3, 0.4) is 0 Å². The summed E-state index contributed by atoms with van der Waals surface area (Å²) in [4.78, 5) is 28.0. The fraction of sp³-hybridized carbons (Fsp3) is 0.471. The number of carbonyl (C=O) groups excluding carboxylic acids is 2. The van der Waals surface area contributed by atoms with E-state index in [0.29, 0.717) is 5.16 Å². The molecular formula is C17H22N6O2S. The first-order chi connectivity index (χ1) is 12.6. The van der Waals surface area contributed by atoms with Crippen LogP contribution in [-0.4, -0.2) is 43.0 Å². The summed E-state index contributed by atoms with van der Waals surface area (Å²) in [5.74, 6) is 0.403. The van der Waals surface area contributed by atoms with E-state index < -0.39 is 11.3 Å². The molecule has 8 nitrogen and oxygen atoms in total. The van der Waals surface area contributed by atoms with E-state index in [1.54, 1.807) is 19.3 Å². The van der Waals surface area contributed by atoms with Gasteiger partial charge in [-0.3, -0.25) is 15.1 Å². The van der Waals surface area contributed by atoms with Gasteiger partial charge in [0.1, 0.15) is 0 Å². The predicted octanol–water partition coefficient (Wildman–Crippen LogP) is 2.22. The molecule has 0 unspecified atom stereocenters. The van der Waals surface area contributed by atoms with Crippen LogP contribution in [-0.2, 0) is 11.3 Å². The first-order valence-electron chi connectivity index (χ1n) is 8.70. The van der Waals surface area contributed by atoms with Crippen LogP contribution in [0, 0.1) is 0 Å². The van der Waals surface area contributed by atoms with Gasteiger partial charge in [-0.15, -0.1) is 10.2 Å². The normalized spacial score (nSPS) is 14.7. The molecule has 0 bridgehead atoms. The minimum Gasteiger partial charge on any atom is -0.335 e. The standard InChI is InChI=1S/C17H22N6O2S/c1-3-10-23-14(12-6-8-18-9-7-12)21-22-17(23)26-11(2)15(24)20-16(25)19-13-4-5-13/h6-9,11,13H,3-5,10H2,1-2H3,(H2,19,20,24,25)/t11-/m1/s1. The summed E-state index contributed by atoms with van der Waals surface area (Å²) in [5, 5.41) is 13.8. The third-order valence-electron chi connectivity index (χ3n) is 3.90. The smallest absolute Gasteiger partial charge is 0.321 e. The van der Waals surface area contributed by atoms with E-state index in [1.807, 2.05) is 16.7 Å². The van der Waals surface area contributed by atoms with Gasteiger partial charge in [0.05, 0.1) is 5.25 Å². The zero-order valence-corrected chi connectivity index (χ0v) is 15.6. The number of rotatable bonds is 7.